The molecule has 0 atom stereocenters. The number of allylic oxidation sites excluding steroid dienone is 1. The van der Waals surface area contributed by atoms with Gasteiger partial charge in [-0.3, -0.25) is 4.79 Å². The first-order chi connectivity index (χ1) is 11.1. The topological polar surface area (TPSA) is 52.6 Å². The van der Waals surface area contributed by atoms with Crippen molar-refractivity contribution in [3.8, 4) is 5.75 Å². The van der Waals surface area contributed by atoms with Crippen molar-refractivity contribution in [1.29, 1.82) is 0 Å². The Labute approximate surface area is 135 Å². The zero-order chi connectivity index (χ0) is 16.7. The van der Waals surface area contributed by atoms with E-state index in [0.717, 1.165) is 5.56 Å². The largest absolute Gasteiger partial charge is 0.482 e. The molecule has 2 aromatic rings. The summed E-state index contributed by atoms with van der Waals surface area (Å²) in [5, 5.41) is 0. The molecule has 4 heteroatoms. The Morgan fingerprint density at radius 2 is 1.65 bits per heavy atom. The number of ether oxygens (including phenoxy) is 2. The summed E-state index contributed by atoms with van der Waals surface area (Å²) < 4.78 is 9.72. The number of aryl methyl sites for hydroxylation is 1. The van der Waals surface area contributed by atoms with Crippen molar-refractivity contribution in [2.75, 3.05) is 13.7 Å². The summed E-state index contributed by atoms with van der Waals surface area (Å²) in [5.41, 5.74) is 2.71. The first kappa shape index (κ1) is 16.5. The van der Waals surface area contributed by atoms with Crippen LogP contribution in [-0.2, 0) is 9.53 Å². The number of carbonyl (C=O) groups excluding carboxylic acids is 2. The Bertz CT molecular complexity index is 697. The molecule has 0 saturated carbocycles. The van der Waals surface area contributed by atoms with E-state index in [-0.39, 0.29) is 12.4 Å². The maximum absolute atomic E-state index is 12.1. The monoisotopic (exact) mass is 310 g/mol. The minimum absolute atomic E-state index is 0.0925. The molecule has 4 nitrogen and oxygen atoms in total. The number of carbonyl (C=O) groups is 2. The number of rotatable bonds is 6. The second-order valence-electron chi connectivity index (χ2n) is 5.00. The van der Waals surface area contributed by atoms with Crippen LogP contribution in [0.25, 0.3) is 6.08 Å². The molecular weight excluding hydrogens is 292 g/mol. The molecule has 0 N–H and O–H groups in total. The number of benzene rings is 2. The van der Waals surface area contributed by atoms with E-state index >= 15 is 0 Å². The Morgan fingerprint density at radius 3 is 2.26 bits per heavy atom. The summed E-state index contributed by atoms with van der Waals surface area (Å²) in [4.78, 5) is 23.1. The van der Waals surface area contributed by atoms with E-state index in [4.69, 9.17) is 4.74 Å². The highest BCUT2D eigenvalue weighted by atomic mass is 16.6. The van der Waals surface area contributed by atoms with Gasteiger partial charge in [-0.25, -0.2) is 4.79 Å². The molecule has 0 aromatic heterocycles. The van der Waals surface area contributed by atoms with Gasteiger partial charge in [0.15, 0.2) is 12.4 Å². The molecular formula is C19H18O4. The van der Waals surface area contributed by atoms with Gasteiger partial charge < -0.3 is 9.47 Å². The van der Waals surface area contributed by atoms with Crippen LogP contribution in [0.5, 0.6) is 5.75 Å². The molecule has 0 aliphatic heterocycles. The van der Waals surface area contributed by atoms with Crippen LogP contribution in [-0.4, -0.2) is 25.5 Å². The Kier molecular flexibility index (Phi) is 5.69. The second kappa shape index (κ2) is 7.94. The van der Waals surface area contributed by atoms with Gasteiger partial charge in [-0.05, 0) is 42.8 Å². The molecule has 0 aliphatic carbocycles. The molecule has 0 saturated heterocycles. The Hall–Kier alpha value is -2.88. The van der Waals surface area contributed by atoms with Crippen molar-refractivity contribution in [3.05, 3.63) is 71.3 Å². The Morgan fingerprint density at radius 1 is 1.00 bits per heavy atom. The van der Waals surface area contributed by atoms with Gasteiger partial charge in [-0.1, -0.05) is 35.9 Å². The van der Waals surface area contributed by atoms with Gasteiger partial charge in [-0.15, -0.1) is 0 Å². The minimum Gasteiger partial charge on any atom is -0.482 e. The normalized spacial score (nSPS) is 10.5. The van der Waals surface area contributed by atoms with Crippen LogP contribution in [0.15, 0.2) is 54.6 Å². The molecule has 0 heterocycles. The van der Waals surface area contributed by atoms with E-state index in [2.05, 4.69) is 4.74 Å². The number of esters is 1. The quantitative estimate of drug-likeness (QED) is 0.466. The van der Waals surface area contributed by atoms with Crippen molar-refractivity contribution in [3.63, 3.8) is 0 Å². The predicted molar refractivity (Wildman–Crippen MR) is 88.5 cm³/mol. The van der Waals surface area contributed by atoms with Crippen molar-refractivity contribution in [1.82, 2.24) is 0 Å². The fourth-order valence-corrected chi connectivity index (χ4v) is 1.86. The molecule has 118 valence electrons. The summed E-state index contributed by atoms with van der Waals surface area (Å²) in [6, 6.07) is 14.5. The van der Waals surface area contributed by atoms with E-state index < -0.39 is 5.97 Å². The first-order valence-electron chi connectivity index (χ1n) is 7.17. The smallest absolute Gasteiger partial charge is 0.343 e. The van der Waals surface area contributed by atoms with Crippen LogP contribution in [0.3, 0.4) is 0 Å². The van der Waals surface area contributed by atoms with Crippen LogP contribution in [0.4, 0.5) is 0 Å². The first-order valence-corrected chi connectivity index (χ1v) is 7.17. The molecule has 0 fully saturated rings. The molecule has 2 aromatic carbocycles. The van der Waals surface area contributed by atoms with E-state index in [1.165, 1.54) is 18.7 Å². The molecule has 0 unspecified atom stereocenters. The zero-order valence-corrected chi connectivity index (χ0v) is 13.1. The number of hydrogen-bond acceptors (Lipinski definition) is 4. The lowest BCUT2D eigenvalue weighted by atomic mass is 10.1. The summed E-state index contributed by atoms with van der Waals surface area (Å²) in [5.74, 6) is -0.0364. The van der Waals surface area contributed by atoms with E-state index in [9.17, 15) is 9.59 Å². The van der Waals surface area contributed by atoms with Crippen LogP contribution in [0.1, 0.15) is 21.5 Å². The van der Waals surface area contributed by atoms with Gasteiger partial charge in [0.2, 0.25) is 0 Å². The molecule has 0 spiro atoms. The van der Waals surface area contributed by atoms with Crippen molar-refractivity contribution in [2.24, 2.45) is 0 Å². The van der Waals surface area contributed by atoms with Gasteiger partial charge in [0, 0.05) is 5.56 Å². The molecule has 0 bridgehead atoms. The minimum atomic E-state index is -0.453. The third kappa shape index (κ3) is 5.11. The molecule has 0 radical (unpaired) electrons. The third-order valence-corrected chi connectivity index (χ3v) is 3.23. The van der Waals surface area contributed by atoms with Crippen LogP contribution in [0.2, 0.25) is 0 Å². The van der Waals surface area contributed by atoms with E-state index in [1.807, 2.05) is 31.2 Å². The van der Waals surface area contributed by atoms with Crippen molar-refractivity contribution in [2.45, 2.75) is 6.92 Å². The maximum atomic E-state index is 12.1. The van der Waals surface area contributed by atoms with E-state index in [0.29, 0.717) is 11.3 Å². The molecule has 2 rings (SSSR count). The lowest BCUT2D eigenvalue weighted by Crippen LogP contribution is -2.12. The Balaban J connectivity index is 1.97. The lowest BCUT2D eigenvalue weighted by Gasteiger charge is -2.05. The van der Waals surface area contributed by atoms with Gasteiger partial charge in [0.25, 0.3) is 0 Å². The highest BCUT2D eigenvalue weighted by Crippen LogP contribution is 2.14. The summed E-state index contributed by atoms with van der Waals surface area (Å²) in [7, 11) is 1.30. The second-order valence-corrected chi connectivity index (χ2v) is 5.00. The zero-order valence-electron chi connectivity index (χ0n) is 13.1. The summed E-state index contributed by atoms with van der Waals surface area (Å²) in [6.45, 7) is 1.86. The van der Waals surface area contributed by atoms with E-state index in [1.54, 1.807) is 30.3 Å². The molecule has 0 aliphatic rings. The summed E-state index contributed by atoms with van der Waals surface area (Å²) in [6.07, 6.45) is 3.32. The highest BCUT2D eigenvalue weighted by Gasteiger charge is 2.04. The number of hydrogen-bond donors (Lipinski definition) is 0. The van der Waals surface area contributed by atoms with Crippen molar-refractivity contribution < 1.29 is 19.1 Å². The lowest BCUT2D eigenvalue weighted by molar-refractivity contribution is -0.142. The number of ketones is 1. The number of methoxy groups -OCH3 is 1. The van der Waals surface area contributed by atoms with Crippen LogP contribution in [0, 0.1) is 6.92 Å². The third-order valence-electron chi connectivity index (χ3n) is 3.23. The molecule has 0 amide bonds. The fraction of sp³-hybridized carbons (Fsp3) is 0.158. The van der Waals surface area contributed by atoms with Gasteiger partial charge in [0.05, 0.1) is 7.11 Å². The maximum Gasteiger partial charge on any atom is 0.343 e. The van der Waals surface area contributed by atoms with Gasteiger partial charge in [-0.2, -0.15) is 0 Å². The highest BCUT2D eigenvalue weighted by molar-refractivity contribution is 6.06. The predicted octanol–water partition coefficient (Wildman–Crippen LogP) is 3.44. The van der Waals surface area contributed by atoms with Gasteiger partial charge in [0.1, 0.15) is 5.75 Å². The van der Waals surface area contributed by atoms with Crippen LogP contribution < -0.4 is 4.74 Å². The average Bonchev–Trinajstić information content (AvgIpc) is 2.59. The average molecular weight is 310 g/mol. The fourth-order valence-electron chi connectivity index (χ4n) is 1.86. The van der Waals surface area contributed by atoms with Crippen molar-refractivity contribution >= 4 is 17.8 Å². The van der Waals surface area contributed by atoms with Gasteiger partial charge >= 0.3 is 5.97 Å². The molecule has 23 heavy (non-hydrogen) atoms. The summed E-state index contributed by atoms with van der Waals surface area (Å²) >= 11 is 0. The standard InChI is InChI=1S/C19H18O4/c1-14-3-5-15(6-4-14)7-12-18(20)16-8-10-17(11-9-16)23-13-19(21)22-2/h3-12H,13H2,1-2H3/b12-7+. The SMILES string of the molecule is COC(=O)COc1ccc(C(=O)/C=C/c2ccc(C)cc2)cc1. The van der Waals surface area contributed by atoms with Crippen LogP contribution >= 0.6 is 0 Å².